The van der Waals surface area contributed by atoms with Crippen molar-refractivity contribution < 1.29 is 19.0 Å². The SMILES string of the molecule is CCC(CC)C(O)C(O)c1cc(F)cc(F)c1. The van der Waals surface area contributed by atoms with Crippen molar-refractivity contribution in [2.24, 2.45) is 5.92 Å². The van der Waals surface area contributed by atoms with Gasteiger partial charge in [-0.25, -0.2) is 8.78 Å². The van der Waals surface area contributed by atoms with Gasteiger partial charge in [0, 0.05) is 6.07 Å². The minimum absolute atomic E-state index is 0.0712. The van der Waals surface area contributed by atoms with E-state index in [0.29, 0.717) is 12.8 Å². The highest BCUT2D eigenvalue weighted by atomic mass is 19.1. The summed E-state index contributed by atoms with van der Waals surface area (Å²) in [5, 5.41) is 19.8. The lowest BCUT2D eigenvalue weighted by Gasteiger charge is -2.25. The third-order valence-corrected chi connectivity index (χ3v) is 3.08. The van der Waals surface area contributed by atoms with Crippen LogP contribution in [0.25, 0.3) is 0 Å². The summed E-state index contributed by atoms with van der Waals surface area (Å²) in [7, 11) is 0. The number of hydrogen-bond acceptors (Lipinski definition) is 2. The standard InChI is InChI=1S/C13H18F2O2/c1-3-8(4-2)12(16)13(17)9-5-10(14)7-11(15)6-9/h5-8,12-13,16-17H,3-4H2,1-2H3. The first-order valence-electron chi connectivity index (χ1n) is 5.81. The molecular weight excluding hydrogens is 226 g/mol. The van der Waals surface area contributed by atoms with Gasteiger partial charge in [-0.2, -0.15) is 0 Å². The summed E-state index contributed by atoms with van der Waals surface area (Å²) in [6.07, 6.45) is -0.865. The van der Waals surface area contributed by atoms with Gasteiger partial charge in [0.15, 0.2) is 0 Å². The van der Waals surface area contributed by atoms with Gasteiger partial charge in [0.25, 0.3) is 0 Å². The van der Waals surface area contributed by atoms with E-state index in [4.69, 9.17) is 0 Å². The Kier molecular flexibility index (Phi) is 5.02. The maximum atomic E-state index is 13.0. The molecule has 1 rings (SSSR count). The molecule has 0 heterocycles. The zero-order chi connectivity index (χ0) is 13.0. The molecule has 0 aliphatic carbocycles. The van der Waals surface area contributed by atoms with Crippen molar-refractivity contribution in [1.82, 2.24) is 0 Å². The second-order valence-electron chi connectivity index (χ2n) is 4.21. The molecule has 0 bridgehead atoms. The molecule has 0 spiro atoms. The van der Waals surface area contributed by atoms with Crippen molar-refractivity contribution in [3.05, 3.63) is 35.4 Å². The molecule has 17 heavy (non-hydrogen) atoms. The smallest absolute Gasteiger partial charge is 0.126 e. The summed E-state index contributed by atoms with van der Waals surface area (Å²) in [6, 6.07) is 2.82. The fourth-order valence-corrected chi connectivity index (χ4v) is 1.97. The van der Waals surface area contributed by atoms with E-state index in [2.05, 4.69) is 0 Å². The molecule has 0 aliphatic heterocycles. The van der Waals surface area contributed by atoms with Crippen molar-refractivity contribution in [3.8, 4) is 0 Å². The van der Waals surface area contributed by atoms with Crippen LogP contribution < -0.4 is 0 Å². The van der Waals surface area contributed by atoms with E-state index in [-0.39, 0.29) is 11.5 Å². The summed E-state index contributed by atoms with van der Waals surface area (Å²) in [4.78, 5) is 0. The number of rotatable bonds is 5. The topological polar surface area (TPSA) is 40.5 Å². The minimum atomic E-state index is -1.26. The van der Waals surface area contributed by atoms with E-state index in [1.807, 2.05) is 13.8 Å². The maximum absolute atomic E-state index is 13.0. The van der Waals surface area contributed by atoms with Gasteiger partial charge in [0.1, 0.15) is 17.7 Å². The maximum Gasteiger partial charge on any atom is 0.126 e. The molecule has 1 aromatic carbocycles. The Bertz CT molecular complexity index is 344. The van der Waals surface area contributed by atoms with Gasteiger partial charge in [0.2, 0.25) is 0 Å². The normalized spacial score (nSPS) is 15.0. The molecule has 0 saturated carbocycles. The Morgan fingerprint density at radius 3 is 1.88 bits per heavy atom. The van der Waals surface area contributed by atoms with Crippen LogP contribution in [0.1, 0.15) is 38.4 Å². The molecule has 4 heteroatoms. The van der Waals surface area contributed by atoms with Crippen molar-refractivity contribution in [1.29, 1.82) is 0 Å². The molecule has 2 unspecified atom stereocenters. The first kappa shape index (κ1) is 14.1. The highest BCUT2D eigenvalue weighted by Crippen LogP contribution is 2.26. The van der Waals surface area contributed by atoms with E-state index in [1.54, 1.807) is 0 Å². The van der Waals surface area contributed by atoms with Gasteiger partial charge >= 0.3 is 0 Å². The number of hydrogen-bond donors (Lipinski definition) is 2. The first-order chi connectivity index (χ1) is 7.99. The lowest BCUT2D eigenvalue weighted by Crippen LogP contribution is -2.27. The number of aliphatic hydroxyl groups is 2. The average Bonchev–Trinajstić information content (AvgIpc) is 2.28. The molecular formula is C13H18F2O2. The van der Waals surface area contributed by atoms with E-state index < -0.39 is 23.8 Å². The van der Waals surface area contributed by atoms with Gasteiger partial charge in [-0.3, -0.25) is 0 Å². The van der Waals surface area contributed by atoms with Crippen LogP contribution in [0, 0.1) is 17.6 Å². The van der Waals surface area contributed by atoms with E-state index in [1.165, 1.54) is 0 Å². The Balaban J connectivity index is 2.91. The molecule has 0 amide bonds. The van der Waals surface area contributed by atoms with E-state index >= 15 is 0 Å². The predicted molar refractivity (Wildman–Crippen MR) is 61.4 cm³/mol. The lowest BCUT2D eigenvalue weighted by atomic mass is 9.89. The third-order valence-electron chi connectivity index (χ3n) is 3.08. The van der Waals surface area contributed by atoms with Gasteiger partial charge in [-0.15, -0.1) is 0 Å². The van der Waals surface area contributed by atoms with Crippen LogP contribution in [-0.4, -0.2) is 16.3 Å². The lowest BCUT2D eigenvalue weighted by molar-refractivity contribution is -0.0212. The van der Waals surface area contributed by atoms with Crippen molar-refractivity contribution in [3.63, 3.8) is 0 Å². The highest BCUT2D eigenvalue weighted by Gasteiger charge is 2.25. The number of halogens is 2. The van der Waals surface area contributed by atoms with Crippen LogP contribution in [0.3, 0.4) is 0 Å². The minimum Gasteiger partial charge on any atom is -0.390 e. The second kappa shape index (κ2) is 6.07. The Morgan fingerprint density at radius 1 is 1.00 bits per heavy atom. The average molecular weight is 244 g/mol. The number of aliphatic hydroxyl groups excluding tert-OH is 2. The van der Waals surface area contributed by atoms with Gasteiger partial charge in [0.05, 0.1) is 6.10 Å². The summed E-state index contributed by atoms with van der Waals surface area (Å²) in [5.74, 6) is -1.59. The monoisotopic (exact) mass is 244 g/mol. The molecule has 2 N–H and O–H groups in total. The molecule has 96 valence electrons. The summed E-state index contributed by atoms with van der Waals surface area (Å²) in [5.41, 5.74) is 0.0712. The molecule has 0 saturated heterocycles. The quantitative estimate of drug-likeness (QED) is 0.836. The fourth-order valence-electron chi connectivity index (χ4n) is 1.97. The molecule has 0 fully saturated rings. The van der Waals surface area contributed by atoms with Crippen LogP contribution in [0.2, 0.25) is 0 Å². The second-order valence-corrected chi connectivity index (χ2v) is 4.21. The largest absolute Gasteiger partial charge is 0.390 e. The molecule has 2 nitrogen and oxygen atoms in total. The Morgan fingerprint density at radius 2 is 1.47 bits per heavy atom. The van der Waals surface area contributed by atoms with Gasteiger partial charge < -0.3 is 10.2 Å². The summed E-state index contributed by atoms with van der Waals surface area (Å²) < 4.78 is 26.0. The zero-order valence-corrected chi connectivity index (χ0v) is 10.0. The van der Waals surface area contributed by atoms with Crippen molar-refractivity contribution in [2.75, 3.05) is 0 Å². The molecule has 0 aliphatic rings. The molecule has 0 aromatic heterocycles. The fraction of sp³-hybridized carbons (Fsp3) is 0.538. The van der Waals surface area contributed by atoms with Crippen LogP contribution in [-0.2, 0) is 0 Å². The van der Waals surface area contributed by atoms with Crippen LogP contribution in [0.15, 0.2) is 18.2 Å². The van der Waals surface area contributed by atoms with Gasteiger partial charge in [-0.05, 0) is 23.6 Å². The first-order valence-corrected chi connectivity index (χ1v) is 5.81. The highest BCUT2D eigenvalue weighted by molar-refractivity contribution is 5.21. The van der Waals surface area contributed by atoms with Gasteiger partial charge in [-0.1, -0.05) is 26.7 Å². The van der Waals surface area contributed by atoms with Crippen LogP contribution in [0.4, 0.5) is 8.78 Å². The van der Waals surface area contributed by atoms with Crippen molar-refractivity contribution >= 4 is 0 Å². The predicted octanol–water partition coefficient (Wildman–Crippen LogP) is 2.80. The number of benzene rings is 1. The Labute approximate surface area is 99.9 Å². The van der Waals surface area contributed by atoms with Crippen LogP contribution >= 0.6 is 0 Å². The zero-order valence-electron chi connectivity index (χ0n) is 10.0. The molecule has 0 radical (unpaired) electrons. The summed E-state index contributed by atoms with van der Waals surface area (Å²) >= 11 is 0. The Hall–Kier alpha value is -1.00. The van der Waals surface area contributed by atoms with E-state index in [0.717, 1.165) is 18.2 Å². The molecule has 2 atom stereocenters. The summed E-state index contributed by atoms with van der Waals surface area (Å²) in [6.45, 7) is 3.80. The third kappa shape index (κ3) is 3.48. The molecule has 1 aromatic rings. The van der Waals surface area contributed by atoms with Crippen LogP contribution in [0.5, 0.6) is 0 Å². The van der Waals surface area contributed by atoms with Crippen molar-refractivity contribution in [2.45, 2.75) is 38.9 Å². The van der Waals surface area contributed by atoms with E-state index in [9.17, 15) is 19.0 Å².